The first kappa shape index (κ1) is 16.4. The highest BCUT2D eigenvalue weighted by Gasteiger charge is 2.14. The second kappa shape index (κ2) is 7.90. The van der Waals surface area contributed by atoms with Gasteiger partial charge in [-0.3, -0.25) is 4.79 Å². The lowest BCUT2D eigenvalue weighted by Gasteiger charge is -2.20. The smallest absolute Gasteiger partial charge is 0.241 e. The van der Waals surface area contributed by atoms with E-state index in [0.717, 1.165) is 48.7 Å². The molecular formula is C19H24N4O. The van der Waals surface area contributed by atoms with Crippen LogP contribution in [0.2, 0.25) is 0 Å². The molecule has 3 rings (SSSR count). The molecule has 1 fully saturated rings. The van der Waals surface area contributed by atoms with Crippen LogP contribution in [0.4, 0.5) is 5.69 Å². The fraction of sp³-hybridized carbons (Fsp3) is 0.421. The summed E-state index contributed by atoms with van der Waals surface area (Å²) < 4.78 is 0. The van der Waals surface area contributed by atoms with Gasteiger partial charge in [0.15, 0.2) is 5.82 Å². The Hall–Kier alpha value is -2.43. The molecule has 1 aliphatic rings. The number of carbonyl (C=O) groups excluding carboxylic acids is 1. The normalized spacial score (nSPS) is 15.0. The van der Waals surface area contributed by atoms with Crippen LogP contribution in [-0.4, -0.2) is 40.4 Å². The van der Waals surface area contributed by atoms with Crippen molar-refractivity contribution in [2.24, 2.45) is 0 Å². The van der Waals surface area contributed by atoms with Gasteiger partial charge in [-0.1, -0.05) is 12.8 Å². The highest BCUT2D eigenvalue weighted by Crippen LogP contribution is 2.18. The van der Waals surface area contributed by atoms with Crippen LogP contribution >= 0.6 is 0 Å². The molecule has 5 nitrogen and oxygen atoms in total. The highest BCUT2D eigenvalue weighted by molar-refractivity contribution is 5.81. The summed E-state index contributed by atoms with van der Waals surface area (Å²) in [7, 11) is 0. The third kappa shape index (κ3) is 4.31. The lowest BCUT2D eigenvalue weighted by molar-refractivity contribution is -0.129. The Morgan fingerprint density at radius 2 is 1.79 bits per heavy atom. The summed E-state index contributed by atoms with van der Waals surface area (Å²) in [5.74, 6) is 0.908. The van der Waals surface area contributed by atoms with Crippen LogP contribution in [0.3, 0.4) is 0 Å². The topological polar surface area (TPSA) is 58.1 Å². The molecule has 1 aliphatic heterocycles. The van der Waals surface area contributed by atoms with Gasteiger partial charge in [0.2, 0.25) is 5.91 Å². The Labute approximate surface area is 143 Å². The summed E-state index contributed by atoms with van der Waals surface area (Å²) in [6.07, 6.45) is 6.48. The van der Waals surface area contributed by atoms with E-state index < -0.39 is 0 Å². The number of benzene rings is 1. The van der Waals surface area contributed by atoms with Crippen LogP contribution in [0.1, 0.15) is 31.4 Å². The molecule has 1 saturated heterocycles. The van der Waals surface area contributed by atoms with E-state index >= 15 is 0 Å². The summed E-state index contributed by atoms with van der Waals surface area (Å²) in [6.45, 7) is 4.09. The van der Waals surface area contributed by atoms with Crippen LogP contribution < -0.4 is 5.32 Å². The molecule has 0 spiro atoms. The summed E-state index contributed by atoms with van der Waals surface area (Å²) >= 11 is 0. The molecule has 1 aromatic carbocycles. The Kier molecular flexibility index (Phi) is 5.41. The molecule has 0 bridgehead atoms. The van der Waals surface area contributed by atoms with Gasteiger partial charge in [0.25, 0.3) is 0 Å². The molecule has 24 heavy (non-hydrogen) atoms. The molecule has 0 saturated carbocycles. The Morgan fingerprint density at radius 3 is 2.46 bits per heavy atom. The van der Waals surface area contributed by atoms with E-state index in [9.17, 15) is 4.79 Å². The maximum atomic E-state index is 12.3. The van der Waals surface area contributed by atoms with Gasteiger partial charge in [0, 0.05) is 36.2 Å². The van der Waals surface area contributed by atoms with Gasteiger partial charge < -0.3 is 10.2 Å². The number of carbonyl (C=O) groups is 1. The quantitative estimate of drug-likeness (QED) is 0.938. The van der Waals surface area contributed by atoms with Crippen molar-refractivity contribution in [1.29, 1.82) is 0 Å². The van der Waals surface area contributed by atoms with Crippen molar-refractivity contribution in [3.63, 3.8) is 0 Å². The Morgan fingerprint density at radius 1 is 1.08 bits per heavy atom. The van der Waals surface area contributed by atoms with E-state index in [1.807, 2.05) is 42.2 Å². The standard InChI is InChI=1S/C19H24N4O/c1-15-10-11-20-19(22-15)16-6-8-17(9-7-16)21-14-18(24)23-12-4-2-3-5-13-23/h6-11,21H,2-5,12-14H2,1H3. The summed E-state index contributed by atoms with van der Waals surface area (Å²) in [4.78, 5) is 23.0. The molecular weight excluding hydrogens is 300 g/mol. The molecule has 1 N–H and O–H groups in total. The molecule has 0 aliphatic carbocycles. The van der Waals surface area contributed by atoms with Crippen LogP contribution in [0, 0.1) is 6.92 Å². The molecule has 126 valence electrons. The number of rotatable bonds is 4. The first-order valence-corrected chi connectivity index (χ1v) is 8.64. The number of aromatic nitrogens is 2. The molecule has 0 radical (unpaired) electrons. The predicted molar refractivity (Wildman–Crippen MR) is 95.7 cm³/mol. The zero-order valence-corrected chi connectivity index (χ0v) is 14.2. The molecule has 2 aromatic rings. The molecule has 1 amide bonds. The Balaban J connectivity index is 1.57. The van der Waals surface area contributed by atoms with Gasteiger partial charge in [-0.15, -0.1) is 0 Å². The maximum absolute atomic E-state index is 12.3. The van der Waals surface area contributed by atoms with Crippen LogP contribution in [0.25, 0.3) is 11.4 Å². The fourth-order valence-electron chi connectivity index (χ4n) is 2.93. The minimum Gasteiger partial charge on any atom is -0.376 e. The van der Waals surface area contributed by atoms with Crippen molar-refractivity contribution in [1.82, 2.24) is 14.9 Å². The van der Waals surface area contributed by atoms with Crippen molar-refractivity contribution in [2.75, 3.05) is 25.0 Å². The molecule has 0 unspecified atom stereocenters. The van der Waals surface area contributed by atoms with Gasteiger partial charge in [-0.2, -0.15) is 0 Å². The van der Waals surface area contributed by atoms with Gasteiger partial charge >= 0.3 is 0 Å². The zero-order chi connectivity index (χ0) is 16.8. The maximum Gasteiger partial charge on any atom is 0.241 e. The summed E-state index contributed by atoms with van der Waals surface area (Å²) in [5.41, 5.74) is 2.86. The van der Waals surface area contributed by atoms with E-state index in [-0.39, 0.29) is 5.91 Å². The van der Waals surface area contributed by atoms with Crippen molar-refractivity contribution < 1.29 is 4.79 Å². The number of amides is 1. The second-order valence-corrected chi connectivity index (χ2v) is 6.25. The van der Waals surface area contributed by atoms with E-state index in [1.165, 1.54) is 12.8 Å². The van der Waals surface area contributed by atoms with Crippen LogP contribution in [0.5, 0.6) is 0 Å². The monoisotopic (exact) mass is 324 g/mol. The van der Waals surface area contributed by atoms with Crippen LogP contribution in [0.15, 0.2) is 36.5 Å². The van der Waals surface area contributed by atoms with E-state index in [1.54, 1.807) is 6.20 Å². The fourth-order valence-corrected chi connectivity index (χ4v) is 2.93. The summed E-state index contributed by atoms with van der Waals surface area (Å²) in [6, 6.07) is 9.78. The van der Waals surface area contributed by atoms with Gasteiger partial charge in [0.1, 0.15) is 0 Å². The number of hydrogen-bond donors (Lipinski definition) is 1. The third-order valence-electron chi connectivity index (χ3n) is 4.34. The van der Waals surface area contributed by atoms with Gasteiger partial charge in [-0.25, -0.2) is 9.97 Å². The average molecular weight is 324 g/mol. The molecule has 0 atom stereocenters. The number of aryl methyl sites for hydroxylation is 1. The minimum absolute atomic E-state index is 0.183. The van der Waals surface area contributed by atoms with Gasteiger partial charge in [-0.05, 0) is 50.1 Å². The van der Waals surface area contributed by atoms with E-state index in [2.05, 4.69) is 15.3 Å². The molecule has 5 heteroatoms. The van der Waals surface area contributed by atoms with Crippen molar-refractivity contribution >= 4 is 11.6 Å². The predicted octanol–water partition coefficient (Wildman–Crippen LogP) is 3.27. The van der Waals surface area contributed by atoms with Crippen LogP contribution in [-0.2, 0) is 4.79 Å². The summed E-state index contributed by atoms with van der Waals surface area (Å²) in [5, 5.41) is 3.22. The van der Waals surface area contributed by atoms with Gasteiger partial charge in [0.05, 0.1) is 6.54 Å². The number of likely N-dealkylation sites (tertiary alicyclic amines) is 1. The lowest BCUT2D eigenvalue weighted by Crippen LogP contribution is -2.36. The number of nitrogens with zero attached hydrogens (tertiary/aromatic N) is 3. The van der Waals surface area contributed by atoms with Crippen molar-refractivity contribution in [3.05, 3.63) is 42.2 Å². The molecule has 1 aromatic heterocycles. The number of anilines is 1. The SMILES string of the molecule is Cc1ccnc(-c2ccc(NCC(=O)N3CCCCCC3)cc2)n1. The van der Waals surface area contributed by atoms with Crippen molar-refractivity contribution in [2.45, 2.75) is 32.6 Å². The zero-order valence-electron chi connectivity index (χ0n) is 14.2. The Bertz CT molecular complexity index is 676. The highest BCUT2D eigenvalue weighted by atomic mass is 16.2. The molecule has 2 heterocycles. The van der Waals surface area contributed by atoms with E-state index in [0.29, 0.717) is 6.54 Å². The minimum atomic E-state index is 0.183. The number of hydrogen-bond acceptors (Lipinski definition) is 4. The third-order valence-corrected chi connectivity index (χ3v) is 4.34. The van der Waals surface area contributed by atoms with Crippen molar-refractivity contribution in [3.8, 4) is 11.4 Å². The number of nitrogens with one attached hydrogen (secondary N) is 1. The average Bonchev–Trinajstić information content (AvgIpc) is 2.89. The lowest BCUT2D eigenvalue weighted by atomic mass is 10.2. The van der Waals surface area contributed by atoms with E-state index in [4.69, 9.17) is 0 Å². The first-order chi connectivity index (χ1) is 11.7. The first-order valence-electron chi connectivity index (χ1n) is 8.64. The second-order valence-electron chi connectivity index (χ2n) is 6.25. The largest absolute Gasteiger partial charge is 0.376 e.